The second kappa shape index (κ2) is 11.8. The lowest BCUT2D eigenvalue weighted by Gasteiger charge is -2.23. The predicted molar refractivity (Wildman–Crippen MR) is 94.0 cm³/mol. The van der Waals surface area contributed by atoms with E-state index in [1.54, 1.807) is 13.8 Å². The van der Waals surface area contributed by atoms with Crippen LogP contribution in [0, 0.1) is 5.92 Å². The van der Waals surface area contributed by atoms with Gasteiger partial charge in [0.25, 0.3) is 0 Å². The first-order valence-electron chi connectivity index (χ1n) is 7.70. The monoisotopic (exact) mass is 410 g/mol. The maximum absolute atomic E-state index is 12.4. The number of nitrogens with two attached hydrogens (primary N) is 1. The number of carbonyl (C=O) groups excluding carboxylic acids is 2. The van der Waals surface area contributed by atoms with Gasteiger partial charge < -0.3 is 16.0 Å². The zero-order chi connectivity index (χ0) is 17.6. The predicted octanol–water partition coefficient (Wildman–Crippen LogP) is 1.03. The quantitative estimate of drug-likeness (QED) is 0.709. The van der Waals surface area contributed by atoms with Crippen LogP contribution in [0.25, 0.3) is 0 Å². The third-order valence-corrected chi connectivity index (χ3v) is 3.78. The SMILES string of the molecule is CC(C)[C@H](N)C(=O)NCC(=O)N1CCCN(CC(F)(F)F)CC1.Cl.Cl. The van der Waals surface area contributed by atoms with Gasteiger partial charge in [-0.1, -0.05) is 13.8 Å². The fourth-order valence-corrected chi connectivity index (χ4v) is 2.33. The third kappa shape index (κ3) is 10.1. The van der Waals surface area contributed by atoms with Crippen molar-refractivity contribution in [2.45, 2.75) is 32.5 Å². The van der Waals surface area contributed by atoms with E-state index in [-0.39, 0.29) is 56.3 Å². The fourth-order valence-electron chi connectivity index (χ4n) is 2.33. The number of amides is 2. The van der Waals surface area contributed by atoms with E-state index < -0.39 is 24.7 Å². The molecule has 2 amide bonds. The van der Waals surface area contributed by atoms with E-state index in [0.29, 0.717) is 19.5 Å². The van der Waals surface area contributed by atoms with Crippen LogP contribution in [0.3, 0.4) is 0 Å². The van der Waals surface area contributed by atoms with E-state index in [0.717, 1.165) is 0 Å². The molecule has 0 saturated carbocycles. The molecule has 1 aliphatic rings. The molecule has 6 nitrogen and oxygen atoms in total. The summed E-state index contributed by atoms with van der Waals surface area (Å²) in [5, 5.41) is 2.48. The van der Waals surface area contributed by atoms with Crippen molar-refractivity contribution in [2.75, 3.05) is 39.3 Å². The highest BCUT2D eigenvalue weighted by Crippen LogP contribution is 2.17. The Labute approximate surface area is 158 Å². The maximum Gasteiger partial charge on any atom is 0.401 e. The van der Waals surface area contributed by atoms with Gasteiger partial charge in [0.2, 0.25) is 11.8 Å². The van der Waals surface area contributed by atoms with Crippen molar-refractivity contribution in [1.82, 2.24) is 15.1 Å². The second-order valence-electron chi connectivity index (χ2n) is 6.11. The molecule has 3 N–H and O–H groups in total. The van der Waals surface area contributed by atoms with Crippen LogP contribution in [0.4, 0.5) is 13.2 Å². The average molecular weight is 411 g/mol. The summed E-state index contributed by atoms with van der Waals surface area (Å²) in [7, 11) is 0. The maximum atomic E-state index is 12.4. The van der Waals surface area contributed by atoms with Gasteiger partial charge in [-0.25, -0.2) is 0 Å². The first-order chi connectivity index (χ1) is 10.6. The lowest BCUT2D eigenvalue weighted by molar-refractivity contribution is -0.145. The highest BCUT2D eigenvalue weighted by molar-refractivity contribution is 5.87. The van der Waals surface area contributed by atoms with Crippen LogP contribution < -0.4 is 11.1 Å². The minimum absolute atomic E-state index is 0. The van der Waals surface area contributed by atoms with Gasteiger partial charge >= 0.3 is 6.18 Å². The summed E-state index contributed by atoms with van der Waals surface area (Å²) in [6, 6.07) is -0.686. The van der Waals surface area contributed by atoms with E-state index in [9.17, 15) is 22.8 Å². The summed E-state index contributed by atoms with van der Waals surface area (Å²) in [5.74, 6) is -0.746. The van der Waals surface area contributed by atoms with Crippen LogP contribution in [0.15, 0.2) is 0 Å². The Morgan fingerprint density at radius 3 is 2.24 bits per heavy atom. The molecule has 1 fully saturated rings. The van der Waals surface area contributed by atoms with Gasteiger partial charge in [-0.2, -0.15) is 13.2 Å². The Bertz CT molecular complexity index is 425. The number of hydrogen-bond donors (Lipinski definition) is 2. The molecule has 0 unspecified atom stereocenters. The number of nitrogens with zero attached hydrogens (tertiary/aromatic N) is 2. The topological polar surface area (TPSA) is 78.7 Å². The molecule has 1 saturated heterocycles. The number of rotatable bonds is 5. The molecule has 11 heteroatoms. The number of alkyl halides is 3. The Kier molecular flexibility index (Phi) is 12.5. The number of hydrogen-bond acceptors (Lipinski definition) is 4. The Hall–Kier alpha value is -0.770. The third-order valence-electron chi connectivity index (χ3n) is 3.78. The molecule has 25 heavy (non-hydrogen) atoms. The molecular weight excluding hydrogens is 384 g/mol. The van der Waals surface area contributed by atoms with Crippen LogP contribution in [0.5, 0.6) is 0 Å². The molecular formula is C14H27Cl2F3N4O2. The van der Waals surface area contributed by atoms with Crippen molar-refractivity contribution >= 4 is 36.6 Å². The minimum Gasteiger partial charge on any atom is -0.346 e. The van der Waals surface area contributed by atoms with Gasteiger partial charge in [-0.05, 0) is 12.3 Å². The lowest BCUT2D eigenvalue weighted by atomic mass is 10.1. The largest absolute Gasteiger partial charge is 0.401 e. The summed E-state index contributed by atoms with van der Waals surface area (Å²) in [4.78, 5) is 26.6. The van der Waals surface area contributed by atoms with E-state index in [1.165, 1.54) is 9.80 Å². The van der Waals surface area contributed by atoms with Crippen molar-refractivity contribution in [3.05, 3.63) is 0 Å². The summed E-state index contributed by atoms with van der Waals surface area (Å²) in [5.41, 5.74) is 5.68. The first-order valence-corrected chi connectivity index (χ1v) is 7.70. The molecule has 150 valence electrons. The molecule has 1 atom stereocenters. The van der Waals surface area contributed by atoms with Crippen molar-refractivity contribution in [3.63, 3.8) is 0 Å². The van der Waals surface area contributed by atoms with Crippen molar-refractivity contribution in [3.8, 4) is 0 Å². The summed E-state index contributed by atoms with van der Waals surface area (Å²) in [6.45, 7) is 3.54. The first kappa shape index (κ1) is 26.5. The number of halogens is 5. The van der Waals surface area contributed by atoms with Gasteiger partial charge in [-0.15, -0.1) is 24.8 Å². The highest BCUT2D eigenvalue weighted by Gasteiger charge is 2.31. The highest BCUT2D eigenvalue weighted by atomic mass is 35.5. The molecule has 0 aromatic carbocycles. The molecule has 1 rings (SSSR count). The molecule has 0 aliphatic carbocycles. The zero-order valence-electron chi connectivity index (χ0n) is 14.3. The van der Waals surface area contributed by atoms with Crippen LogP contribution in [0.1, 0.15) is 20.3 Å². The molecule has 0 aromatic rings. The van der Waals surface area contributed by atoms with Crippen LogP contribution in [-0.4, -0.2) is 73.1 Å². The van der Waals surface area contributed by atoms with E-state index in [1.807, 2.05) is 0 Å². The van der Waals surface area contributed by atoms with Gasteiger partial charge in [0.05, 0.1) is 19.1 Å². The molecule has 0 aromatic heterocycles. The van der Waals surface area contributed by atoms with Crippen molar-refractivity contribution in [2.24, 2.45) is 11.7 Å². The van der Waals surface area contributed by atoms with Gasteiger partial charge in [-0.3, -0.25) is 14.5 Å². The standard InChI is InChI=1S/C14H25F3N4O2.2ClH/c1-10(2)12(18)13(23)19-8-11(22)21-5-3-4-20(6-7-21)9-14(15,16)17;;/h10,12H,3-9,18H2,1-2H3,(H,19,23);2*1H/t12-;;/m0../s1. The van der Waals surface area contributed by atoms with E-state index >= 15 is 0 Å². The van der Waals surface area contributed by atoms with Crippen LogP contribution in [0.2, 0.25) is 0 Å². The second-order valence-corrected chi connectivity index (χ2v) is 6.11. The molecule has 0 bridgehead atoms. The minimum atomic E-state index is -4.24. The normalized spacial score (nSPS) is 17.2. The summed E-state index contributed by atoms with van der Waals surface area (Å²) in [6.07, 6.45) is -3.76. The Morgan fingerprint density at radius 2 is 1.72 bits per heavy atom. The fraction of sp³-hybridized carbons (Fsp3) is 0.857. The average Bonchev–Trinajstić information content (AvgIpc) is 2.67. The van der Waals surface area contributed by atoms with Gasteiger partial charge in [0.1, 0.15) is 0 Å². The Balaban J connectivity index is 0. The van der Waals surface area contributed by atoms with Gasteiger partial charge in [0.15, 0.2) is 0 Å². The summed E-state index contributed by atoms with van der Waals surface area (Å²) >= 11 is 0. The van der Waals surface area contributed by atoms with Crippen molar-refractivity contribution in [1.29, 1.82) is 0 Å². The zero-order valence-corrected chi connectivity index (χ0v) is 16.0. The Morgan fingerprint density at radius 1 is 1.12 bits per heavy atom. The van der Waals surface area contributed by atoms with E-state index in [4.69, 9.17) is 5.73 Å². The van der Waals surface area contributed by atoms with Gasteiger partial charge in [0, 0.05) is 26.2 Å². The molecule has 0 radical (unpaired) electrons. The molecule has 1 aliphatic heterocycles. The number of nitrogens with one attached hydrogen (secondary N) is 1. The smallest absolute Gasteiger partial charge is 0.346 e. The summed E-state index contributed by atoms with van der Waals surface area (Å²) < 4.78 is 37.2. The van der Waals surface area contributed by atoms with Crippen LogP contribution in [-0.2, 0) is 9.59 Å². The number of carbonyl (C=O) groups is 2. The molecule has 1 heterocycles. The van der Waals surface area contributed by atoms with E-state index in [2.05, 4.69) is 5.32 Å². The molecule has 0 spiro atoms. The lowest BCUT2D eigenvalue weighted by Crippen LogP contribution is -2.48. The van der Waals surface area contributed by atoms with Crippen LogP contribution >= 0.6 is 24.8 Å². The van der Waals surface area contributed by atoms with Crippen molar-refractivity contribution < 1.29 is 22.8 Å².